The van der Waals surface area contributed by atoms with Crippen LogP contribution >= 0.6 is 0 Å². The lowest BCUT2D eigenvalue weighted by atomic mass is 9.91. The summed E-state index contributed by atoms with van der Waals surface area (Å²) in [5, 5.41) is 0. The van der Waals surface area contributed by atoms with Crippen molar-refractivity contribution in [1.82, 2.24) is 0 Å². The first-order chi connectivity index (χ1) is 20.5. The third-order valence-electron chi connectivity index (χ3n) is 8.27. The second-order valence-corrected chi connectivity index (χ2v) is 11.4. The summed E-state index contributed by atoms with van der Waals surface area (Å²) in [6.45, 7) is 5.30. The molecule has 1 saturated heterocycles. The number of benzene rings is 3. The van der Waals surface area contributed by atoms with E-state index in [1.54, 1.807) is 36.4 Å². The van der Waals surface area contributed by atoms with Crippen molar-refractivity contribution in [2.75, 3.05) is 13.2 Å². The molecule has 0 bridgehead atoms. The van der Waals surface area contributed by atoms with E-state index in [-0.39, 0.29) is 23.2 Å². The van der Waals surface area contributed by atoms with E-state index in [9.17, 15) is 8.78 Å². The van der Waals surface area contributed by atoms with Crippen molar-refractivity contribution in [1.29, 1.82) is 0 Å². The minimum Gasteiger partial charge on any atom is -0.490 e. The summed E-state index contributed by atoms with van der Waals surface area (Å²) in [6.07, 6.45) is 16.2. The highest BCUT2D eigenvalue weighted by molar-refractivity contribution is 5.71. The van der Waals surface area contributed by atoms with Crippen LogP contribution in [0.3, 0.4) is 0 Å². The zero-order chi connectivity index (χ0) is 29.7. The molecule has 1 heterocycles. The van der Waals surface area contributed by atoms with Gasteiger partial charge in [-0.05, 0) is 79.8 Å². The molecule has 0 aliphatic carbocycles. The number of hydrogen-bond acceptors (Lipinski definition) is 2. The molecule has 0 N–H and O–H groups in total. The van der Waals surface area contributed by atoms with Crippen LogP contribution in [-0.4, -0.2) is 13.2 Å². The molecule has 226 valence electrons. The van der Waals surface area contributed by atoms with E-state index in [0.717, 1.165) is 50.5 Å². The Kier molecular flexibility index (Phi) is 12.6. The molecule has 3 aromatic carbocycles. The summed E-state index contributed by atoms with van der Waals surface area (Å²) in [4.78, 5) is 0. The van der Waals surface area contributed by atoms with E-state index in [2.05, 4.69) is 19.1 Å². The van der Waals surface area contributed by atoms with Crippen molar-refractivity contribution in [3.63, 3.8) is 0 Å². The molecular weight excluding hydrogens is 533 g/mol. The van der Waals surface area contributed by atoms with Crippen LogP contribution in [0.1, 0.15) is 96.1 Å². The van der Waals surface area contributed by atoms with Crippen molar-refractivity contribution in [3.05, 3.63) is 89.8 Å². The molecule has 3 aromatic rings. The molecule has 0 saturated carbocycles. The highest BCUT2D eigenvalue weighted by Gasteiger charge is 2.23. The zero-order valence-corrected chi connectivity index (χ0v) is 25.1. The Morgan fingerprint density at radius 1 is 0.810 bits per heavy atom. The SMILES string of the molecule is C/C=C/CCC1CCC(c2ccc(-c3ccc(-c4ccc(OCCCCCCCCC)c(F)c4F)cc3)c(F)c2)OC1. The fourth-order valence-electron chi connectivity index (χ4n) is 5.70. The lowest BCUT2D eigenvalue weighted by Gasteiger charge is -2.29. The first-order valence-electron chi connectivity index (χ1n) is 15.8. The molecule has 1 fully saturated rings. The van der Waals surface area contributed by atoms with E-state index in [0.29, 0.717) is 35.8 Å². The molecule has 0 spiro atoms. The van der Waals surface area contributed by atoms with Gasteiger partial charge in [0.05, 0.1) is 19.3 Å². The van der Waals surface area contributed by atoms with Crippen molar-refractivity contribution in [3.8, 4) is 28.0 Å². The normalized spacial score (nSPS) is 17.2. The van der Waals surface area contributed by atoms with Crippen molar-refractivity contribution in [2.45, 2.75) is 90.6 Å². The first-order valence-corrected chi connectivity index (χ1v) is 15.8. The van der Waals surface area contributed by atoms with Gasteiger partial charge in [-0.15, -0.1) is 0 Å². The highest BCUT2D eigenvalue weighted by atomic mass is 19.2. The molecule has 5 heteroatoms. The smallest absolute Gasteiger partial charge is 0.201 e. The number of ether oxygens (including phenoxy) is 2. The highest BCUT2D eigenvalue weighted by Crippen LogP contribution is 2.36. The van der Waals surface area contributed by atoms with Crippen LogP contribution in [0.2, 0.25) is 0 Å². The van der Waals surface area contributed by atoms with Gasteiger partial charge in [-0.3, -0.25) is 0 Å². The van der Waals surface area contributed by atoms with Crippen molar-refractivity contribution in [2.24, 2.45) is 5.92 Å². The Bertz CT molecular complexity index is 1280. The number of unbranched alkanes of at least 4 members (excludes halogenated alkanes) is 6. The second-order valence-electron chi connectivity index (χ2n) is 11.4. The Morgan fingerprint density at radius 3 is 2.17 bits per heavy atom. The number of allylic oxidation sites excluding steroid dienone is 2. The standard InChI is InChI=1S/C37H45F3O2/c1-3-5-7-8-9-10-12-24-41-35-23-21-32(36(39)37(35)40)29-17-15-28(16-18-29)31-20-19-30(25-33(31)38)34-22-14-27(26-42-34)13-11-6-4-2/h4,6,15-21,23,25,27,34H,3,5,7-14,22,24,26H2,1-2H3/b6-4+. The molecule has 4 rings (SSSR count). The van der Waals surface area contributed by atoms with Crippen LogP contribution in [0.4, 0.5) is 13.2 Å². The number of rotatable bonds is 15. The molecule has 2 nitrogen and oxygen atoms in total. The maximum atomic E-state index is 15.2. The minimum atomic E-state index is -0.977. The number of halogens is 3. The van der Waals surface area contributed by atoms with Gasteiger partial charge in [-0.1, -0.05) is 94.0 Å². The lowest BCUT2D eigenvalue weighted by Crippen LogP contribution is -2.20. The van der Waals surface area contributed by atoms with Crippen LogP contribution < -0.4 is 4.74 Å². The van der Waals surface area contributed by atoms with E-state index in [4.69, 9.17) is 9.47 Å². The second kappa shape index (κ2) is 16.6. The monoisotopic (exact) mass is 578 g/mol. The quantitative estimate of drug-likeness (QED) is 0.132. The predicted molar refractivity (Wildman–Crippen MR) is 166 cm³/mol. The Morgan fingerprint density at radius 2 is 1.50 bits per heavy atom. The molecule has 0 radical (unpaired) electrons. The molecule has 2 unspecified atom stereocenters. The summed E-state index contributed by atoms with van der Waals surface area (Å²) in [5.74, 6) is -1.75. The topological polar surface area (TPSA) is 18.5 Å². The zero-order valence-electron chi connectivity index (χ0n) is 25.1. The van der Waals surface area contributed by atoms with Crippen LogP contribution in [0.15, 0.2) is 66.7 Å². The molecule has 0 amide bonds. The summed E-state index contributed by atoms with van der Waals surface area (Å²) >= 11 is 0. The van der Waals surface area contributed by atoms with Crippen LogP contribution in [0.5, 0.6) is 5.75 Å². The van der Waals surface area contributed by atoms with Crippen LogP contribution in [0, 0.1) is 23.4 Å². The van der Waals surface area contributed by atoms with Gasteiger partial charge in [0, 0.05) is 11.1 Å². The minimum absolute atomic E-state index is 0.0628. The summed E-state index contributed by atoms with van der Waals surface area (Å²) in [5.41, 5.74) is 2.66. The largest absolute Gasteiger partial charge is 0.490 e. The lowest BCUT2D eigenvalue weighted by molar-refractivity contribution is -0.0191. The van der Waals surface area contributed by atoms with Gasteiger partial charge in [-0.2, -0.15) is 4.39 Å². The Balaban J connectivity index is 1.33. The van der Waals surface area contributed by atoms with Gasteiger partial charge in [-0.25, -0.2) is 8.78 Å². The van der Waals surface area contributed by atoms with Gasteiger partial charge in [0.15, 0.2) is 11.6 Å². The van der Waals surface area contributed by atoms with Gasteiger partial charge >= 0.3 is 0 Å². The average Bonchev–Trinajstić information content (AvgIpc) is 3.01. The third-order valence-corrected chi connectivity index (χ3v) is 8.27. The fourth-order valence-corrected chi connectivity index (χ4v) is 5.70. The Labute approximate surface area is 250 Å². The summed E-state index contributed by atoms with van der Waals surface area (Å²) in [6, 6.07) is 15.2. The van der Waals surface area contributed by atoms with E-state index >= 15 is 4.39 Å². The van der Waals surface area contributed by atoms with Gasteiger partial charge in [0.25, 0.3) is 0 Å². The van der Waals surface area contributed by atoms with Gasteiger partial charge in [0.2, 0.25) is 5.82 Å². The van der Waals surface area contributed by atoms with Crippen LogP contribution in [-0.2, 0) is 4.74 Å². The van der Waals surface area contributed by atoms with E-state index in [1.165, 1.54) is 37.8 Å². The Hall–Kier alpha value is -3.05. The third kappa shape index (κ3) is 8.73. The van der Waals surface area contributed by atoms with Gasteiger partial charge in [0.1, 0.15) is 5.82 Å². The molecule has 2 atom stereocenters. The van der Waals surface area contributed by atoms with E-state index < -0.39 is 11.6 Å². The molecule has 0 aromatic heterocycles. The predicted octanol–water partition coefficient (Wildman–Crippen LogP) is 11.4. The summed E-state index contributed by atoms with van der Waals surface area (Å²) in [7, 11) is 0. The summed E-state index contributed by atoms with van der Waals surface area (Å²) < 4.78 is 56.6. The van der Waals surface area contributed by atoms with Crippen molar-refractivity contribution >= 4 is 0 Å². The molecule has 1 aliphatic rings. The maximum Gasteiger partial charge on any atom is 0.201 e. The van der Waals surface area contributed by atoms with Crippen molar-refractivity contribution < 1.29 is 22.6 Å². The maximum absolute atomic E-state index is 15.2. The first kappa shape index (κ1) is 31.9. The molecule has 1 aliphatic heterocycles. The molecule has 42 heavy (non-hydrogen) atoms. The average molecular weight is 579 g/mol. The van der Waals surface area contributed by atoms with Crippen LogP contribution in [0.25, 0.3) is 22.3 Å². The molecular formula is C37H45F3O2. The number of hydrogen-bond donors (Lipinski definition) is 0. The fraction of sp³-hybridized carbons (Fsp3) is 0.459. The van der Waals surface area contributed by atoms with E-state index in [1.807, 2.05) is 13.0 Å². The van der Waals surface area contributed by atoms with Gasteiger partial charge < -0.3 is 9.47 Å².